The second-order valence-corrected chi connectivity index (χ2v) is 12.7. The van der Waals surface area contributed by atoms with Crippen LogP contribution in [-0.4, -0.2) is 59.3 Å². The van der Waals surface area contributed by atoms with Gasteiger partial charge in [0.1, 0.15) is 5.69 Å². The van der Waals surface area contributed by atoms with Crippen LogP contribution in [0.5, 0.6) is 0 Å². The number of hydrogen-bond donors (Lipinski definition) is 2. The van der Waals surface area contributed by atoms with E-state index < -0.39 is 44.7 Å². The Morgan fingerprint density at radius 3 is 2.34 bits per heavy atom. The molecule has 16 heteroatoms. The average molecular weight is 578 g/mol. The monoisotopic (exact) mass is 577 g/mol. The number of nitrogens with one attached hydrogen (secondary N) is 2. The molecule has 206 valence electrons. The molecule has 38 heavy (non-hydrogen) atoms. The molecule has 1 saturated carbocycles. The van der Waals surface area contributed by atoms with Gasteiger partial charge in [-0.1, -0.05) is 11.3 Å². The number of nitrogens with zero attached hydrogens (tertiary/aromatic N) is 5. The normalized spacial score (nSPS) is 21.9. The third kappa shape index (κ3) is 5.31. The van der Waals surface area contributed by atoms with Crippen molar-refractivity contribution in [1.29, 1.82) is 0 Å². The van der Waals surface area contributed by atoms with E-state index in [0.29, 0.717) is 37.3 Å². The van der Waals surface area contributed by atoms with Crippen molar-refractivity contribution in [3.8, 4) is 10.7 Å². The molecule has 0 bridgehead atoms. The lowest BCUT2D eigenvalue weighted by atomic mass is 10.1. The van der Waals surface area contributed by atoms with Crippen LogP contribution in [0.2, 0.25) is 0 Å². The van der Waals surface area contributed by atoms with E-state index in [1.54, 1.807) is 11.8 Å². The number of halogens is 5. The van der Waals surface area contributed by atoms with Gasteiger partial charge in [-0.25, -0.2) is 31.9 Å². The molecule has 3 heterocycles. The number of fused-ring (bicyclic) bond motifs is 1. The molecule has 2 N–H and O–H groups in total. The van der Waals surface area contributed by atoms with Gasteiger partial charge in [-0.15, -0.1) is 10.2 Å². The minimum absolute atomic E-state index is 0.0577. The summed E-state index contributed by atoms with van der Waals surface area (Å²) in [5.74, 6) is -1.49. The van der Waals surface area contributed by atoms with E-state index in [1.807, 2.05) is 13.8 Å². The first-order valence-electron chi connectivity index (χ1n) is 11.7. The van der Waals surface area contributed by atoms with Gasteiger partial charge in [0.15, 0.2) is 10.0 Å². The molecule has 0 amide bonds. The van der Waals surface area contributed by atoms with E-state index in [9.17, 15) is 30.4 Å². The van der Waals surface area contributed by atoms with Gasteiger partial charge in [-0.05, 0) is 45.7 Å². The van der Waals surface area contributed by atoms with Gasteiger partial charge < -0.3 is 10.2 Å². The summed E-state index contributed by atoms with van der Waals surface area (Å²) >= 11 is 0.385. The predicted octanol–water partition coefficient (Wildman–Crippen LogP) is 4.12. The van der Waals surface area contributed by atoms with Crippen molar-refractivity contribution in [3.63, 3.8) is 0 Å². The molecule has 2 aromatic heterocycles. The van der Waals surface area contributed by atoms with E-state index in [-0.39, 0.29) is 38.6 Å². The summed E-state index contributed by atoms with van der Waals surface area (Å²) in [5.41, 5.74) is -1.03. The van der Waals surface area contributed by atoms with Crippen LogP contribution < -0.4 is 14.9 Å². The number of aromatic nitrogens is 4. The molecule has 3 aromatic rings. The molecular formula is C22H24F5N7O2S2. The van der Waals surface area contributed by atoms with Gasteiger partial charge in [-0.2, -0.15) is 13.2 Å². The van der Waals surface area contributed by atoms with Crippen LogP contribution >= 0.6 is 11.3 Å². The maximum Gasteiger partial charge on any atom is 0.451 e. The smallest absolute Gasteiger partial charge is 0.367 e. The van der Waals surface area contributed by atoms with Crippen LogP contribution in [0.3, 0.4) is 0 Å². The summed E-state index contributed by atoms with van der Waals surface area (Å²) in [6.07, 6.45) is -6.67. The molecule has 2 atom stereocenters. The largest absolute Gasteiger partial charge is 0.451 e. The summed E-state index contributed by atoms with van der Waals surface area (Å²) in [4.78, 5) is 9.00. The number of piperazine rings is 1. The highest BCUT2D eigenvalue weighted by Crippen LogP contribution is 2.41. The molecule has 1 aliphatic carbocycles. The number of sulfonamides is 1. The molecule has 0 radical (unpaired) electrons. The van der Waals surface area contributed by atoms with Crippen molar-refractivity contribution in [3.05, 3.63) is 23.0 Å². The minimum atomic E-state index is -4.96. The number of alkyl halides is 5. The molecule has 1 saturated heterocycles. The quantitative estimate of drug-likeness (QED) is 0.421. The van der Waals surface area contributed by atoms with Gasteiger partial charge >= 0.3 is 6.18 Å². The lowest BCUT2D eigenvalue weighted by molar-refractivity contribution is -0.144. The van der Waals surface area contributed by atoms with Crippen molar-refractivity contribution in [2.45, 2.75) is 68.7 Å². The van der Waals surface area contributed by atoms with E-state index in [0.717, 1.165) is 0 Å². The number of anilines is 1. The molecular weight excluding hydrogens is 553 g/mol. The SMILES string of the molecule is C[C@H]1CN(c2cc(S(=O)(=O)NC3(C)CC3)cc3c(-c4nnc(C(F)F)s4)nc(C(F)(F)F)nc23)C[C@H](C)N1. The first-order valence-corrected chi connectivity index (χ1v) is 14.0. The summed E-state index contributed by atoms with van der Waals surface area (Å²) < 4.78 is 97.6. The maximum absolute atomic E-state index is 13.9. The fourth-order valence-electron chi connectivity index (χ4n) is 4.49. The third-order valence-electron chi connectivity index (χ3n) is 6.43. The summed E-state index contributed by atoms with van der Waals surface area (Å²) in [6.45, 7) is 6.28. The van der Waals surface area contributed by atoms with E-state index in [2.05, 4.69) is 30.2 Å². The highest BCUT2D eigenvalue weighted by molar-refractivity contribution is 7.89. The van der Waals surface area contributed by atoms with Gasteiger partial charge in [0.25, 0.3) is 6.43 Å². The van der Waals surface area contributed by atoms with Crippen LogP contribution in [0.15, 0.2) is 17.0 Å². The van der Waals surface area contributed by atoms with Gasteiger partial charge in [0.2, 0.25) is 15.8 Å². The second kappa shape index (κ2) is 9.27. The van der Waals surface area contributed by atoms with Gasteiger partial charge in [0, 0.05) is 36.1 Å². The Kier molecular flexibility index (Phi) is 6.60. The summed E-state index contributed by atoms with van der Waals surface area (Å²) in [5, 5.41) is 9.29. The summed E-state index contributed by atoms with van der Waals surface area (Å²) in [6, 6.07) is 2.36. The Morgan fingerprint density at radius 1 is 1.13 bits per heavy atom. The Bertz CT molecular complexity index is 1480. The van der Waals surface area contributed by atoms with E-state index in [1.165, 1.54) is 12.1 Å². The van der Waals surface area contributed by atoms with Gasteiger partial charge in [0.05, 0.1) is 16.1 Å². The van der Waals surface area contributed by atoms with Crippen molar-refractivity contribution < 1.29 is 30.4 Å². The fraction of sp³-hybridized carbons (Fsp3) is 0.545. The van der Waals surface area contributed by atoms with Crippen LogP contribution in [0.25, 0.3) is 21.6 Å². The van der Waals surface area contributed by atoms with Crippen LogP contribution in [0.4, 0.5) is 27.6 Å². The summed E-state index contributed by atoms with van der Waals surface area (Å²) in [7, 11) is -4.10. The molecule has 1 aromatic carbocycles. The van der Waals surface area contributed by atoms with Crippen LogP contribution in [0.1, 0.15) is 50.9 Å². The molecule has 1 aliphatic heterocycles. The van der Waals surface area contributed by atoms with Crippen molar-refractivity contribution >= 4 is 38.0 Å². The molecule has 9 nitrogen and oxygen atoms in total. The molecule has 0 unspecified atom stereocenters. The Labute approximate surface area is 218 Å². The average Bonchev–Trinajstić information content (AvgIpc) is 3.31. The third-order valence-corrected chi connectivity index (χ3v) is 8.98. The standard InChI is InChI=1S/C22H24F5N7O2S2/c1-10-8-34(9-11(2)28-10)14-7-12(38(35,36)33-21(3)4-5-21)6-13-15(14)29-20(22(25,26)27)30-16(13)18-31-32-19(37-18)17(23)24/h6-7,10-11,17,28,33H,4-5,8-9H2,1-3H3/t10-,11-/m0/s1. The Morgan fingerprint density at radius 2 is 1.79 bits per heavy atom. The zero-order chi connectivity index (χ0) is 27.6. The van der Waals surface area contributed by atoms with E-state index in [4.69, 9.17) is 0 Å². The number of benzene rings is 1. The lowest BCUT2D eigenvalue weighted by Crippen LogP contribution is -2.54. The minimum Gasteiger partial charge on any atom is -0.367 e. The predicted molar refractivity (Wildman–Crippen MR) is 131 cm³/mol. The highest BCUT2D eigenvalue weighted by atomic mass is 32.2. The van der Waals surface area contributed by atoms with Crippen LogP contribution in [0, 0.1) is 0 Å². The first kappa shape index (κ1) is 27.0. The zero-order valence-electron chi connectivity index (χ0n) is 20.5. The van der Waals surface area contributed by atoms with Gasteiger partial charge in [-0.3, -0.25) is 0 Å². The number of hydrogen-bond acceptors (Lipinski definition) is 9. The molecule has 2 fully saturated rings. The topological polar surface area (TPSA) is 113 Å². The Hall–Kier alpha value is -2.56. The number of rotatable bonds is 6. The molecule has 5 rings (SSSR count). The van der Waals surface area contributed by atoms with E-state index >= 15 is 0 Å². The zero-order valence-corrected chi connectivity index (χ0v) is 22.1. The van der Waals surface area contributed by atoms with Crippen molar-refractivity contribution in [2.24, 2.45) is 0 Å². The lowest BCUT2D eigenvalue weighted by Gasteiger charge is -2.38. The Balaban J connectivity index is 1.80. The molecule has 0 spiro atoms. The first-order chi connectivity index (χ1) is 17.6. The maximum atomic E-state index is 13.9. The fourth-order valence-corrected chi connectivity index (χ4v) is 6.70. The van der Waals surface area contributed by atoms with Crippen LogP contribution in [-0.2, 0) is 16.2 Å². The second-order valence-electron chi connectivity index (χ2n) is 10.0. The van der Waals surface area contributed by atoms with Crippen molar-refractivity contribution in [1.82, 2.24) is 30.2 Å². The van der Waals surface area contributed by atoms with Crippen molar-refractivity contribution in [2.75, 3.05) is 18.0 Å². The molecule has 2 aliphatic rings. The highest BCUT2D eigenvalue weighted by Gasteiger charge is 2.42.